The zero-order chi connectivity index (χ0) is 13.9. The number of aromatic nitrogens is 2. The van der Waals surface area contributed by atoms with Gasteiger partial charge in [0.2, 0.25) is 0 Å². The van der Waals surface area contributed by atoms with Crippen LogP contribution in [0.5, 0.6) is 0 Å². The van der Waals surface area contributed by atoms with Crippen LogP contribution in [-0.4, -0.2) is 19.5 Å². The van der Waals surface area contributed by atoms with E-state index >= 15 is 0 Å². The first kappa shape index (κ1) is 15.1. The lowest BCUT2D eigenvalue weighted by molar-refractivity contribution is -0.386. The standard InChI is InChI=1S/C12H20BrN3O2/c1-5-6-15-11(7-10(13)8(2)3)12(16(17)18)9(4)14-15/h8,10H,5-7H2,1-4H3. The third-order valence-corrected chi connectivity index (χ3v) is 4.31. The SMILES string of the molecule is CCCn1nc(C)c([N+](=O)[O-])c1CC(Br)C(C)C. The summed E-state index contributed by atoms with van der Waals surface area (Å²) in [5.74, 6) is 0.426. The maximum absolute atomic E-state index is 11.1. The van der Waals surface area contributed by atoms with E-state index in [0.29, 0.717) is 18.0 Å². The van der Waals surface area contributed by atoms with Crippen LogP contribution in [0.3, 0.4) is 0 Å². The van der Waals surface area contributed by atoms with Crippen molar-refractivity contribution in [1.29, 1.82) is 0 Å². The molecule has 0 saturated heterocycles. The fraction of sp³-hybridized carbons (Fsp3) is 0.750. The Hall–Kier alpha value is -0.910. The Kier molecular flexibility index (Phi) is 5.31. The van der Waals surface area contributed by atoms with Crippen LogP contribution < -0.4 is 0 Å². The smallest absolute Gasteiger partial charge is 0.262 e. The Bertz CT molecular complexity index is 429. The highest BCUT2D eigenvalue weighted by Crippen LogP contribution is 2.28. The van der Waals surface area contributed by atoms with E-state index in [9.17, 15) is 10.1 Å². The first-order valence-corrected chi connectivity index (χ1v) is 7.14. The quantitative estimate of drug-likeness (QED) is 0.458. The lowest BCUT2D eigenvalue weighted by atomic mass is 10.1. The van der Waals surface area contributed by atoms with Crippen molar-refractivity contribution in [2.45, 2.75) is 51.9 Å². The number of nitro groups is 1. The average molecular weight is 318 g/mol. The summed E-state index contributed by atoms with van der Waals surface area (Å²) in [5.41, 5.74) is 1.41. The largest absolute Gasteiger partial charge is 0.313 e. The average Bonchev–Trinajstić information content (AvgIpc) is 2.55. The van der Waals surface area contributed by atoms with Gasteiger partial charge in [0.25, 0.3) is 0 Å². The number of alkyl halides is 1. The summed E-state index contributed by atoms with van der Waals surface area (Å²) in [6.07, 6.45) is 1.55. The van der Waals surface area contributed by atoms with Gasteiger partial charge < -0.3 is 0 Å². The van der Waals surface area contributed by atoms with Gasteiger partial charge in [-0.1, -0.05) is 36.7 Å². The predicted octanol–water partition coefficient (Wildman–Crippen LogP) is 3.47. The van der Waals surface area contributed by atoms with Crippen LogP contribution in [0.15, 0.2) is 0 Å². The van der Waals surface area contributed by atoms with E-state index in [-0.39, 0.29) is 15.4 Å². The molecule has 0 saturated carbocycles. The van der Waals surface area contributed by atoms with Gasteiger partial charge in [0.15, 0.2) is 0 Å². The highest BCUT2D eigenvalue weighted by molar-refractivity contribution is 9.09. The fourth-order valence-corrected chi connectivity index (χ4v) is 2.18. The molecule has 18 heavy (non-hydrogen) atoms. The second kappa shape index (κ2) is 6.31. The van der Waals surface area contributed by atoms with Gasteiger partial charge in [0, 0.05) is 17.8 Å². The number of hydrogen-bond acceptors (Lipinski definition) is 3. The molecule has 1 atom stereocenters. The molecule has 0 N–H and O–H groups in total. The van der Waals surface area contributed by atoms with Gasteiger partial charge in [0.1, 0.15) is 11.4 Å². The summed E-state index contributed by atoms with van der Waals surface area (Å²) in [6.45, 7) is 8.66. The maximum atomic E-state index is 11.1. The molecular weight excluding hydrogens is 298 g/mol. The molecule has 5 nitrogen and oxygen atoms in total. The molecule has 0 aliphatic heterocycles. The summed E-state index contributed by atoms with van der Waals surface area (Å²) >= 11 is 3.59. The molecule has 0 bridgehead atoms. The van der Waals surface area contributed by atoms with Gasteiger partial charge in [-0.15, -0.1) is 0 Å². The first-order chi connectivity index (χ1) is 8.38. The van der Waals surface area contributed by atoms with Crippen LogP contribution in [0, 0.1) is 23.0 Å². The number of aryl methyl sites for hydroxylation is 2. The second-order valence-electron chi connectivity index (χ2n) is 4.83. The summed E-state index contributed by atoms with van der Waals surface area (Å²) in [4.78, 5) is 11.1. The summed E-state index contributed by atoms with van der Waals surface area (Å²) in [7, 11) is 0. The third-order valence-electron chi connectivity index (χ3n) is 2.93. The van der Waals surface area contributed by atoms with Crippen molar-refractivity contribution in [3.05, 3.63) is 21.5 Å². The second-order valence-corrected chi connectivity index (χ2v) is 6.00. The van der Waals surface area contributed by atoms with Crippen LogP contribution in [0.2, 0.25) is 0 Å². The van der Waals surface area contributed by atoms with Gasteiger partial charge >= 0.3 is 5.69 Å². The van der Waals surface area contributed by atoms with Gasteiger partial charge in [-0.05, 0) is 19.3 Å². The molecular formula is C12H20BrN3O2. The number of rotatable bonds is 6. The van der Waals surface area contributed by atoms with E-state index in [2.05, 4.69) is 34.9 Å². The Balaban J connectivity index is 3.15. The van der Waals surface area contributed by atoms with E-state index in [1.54, 1.807) is 11.6 Å². The molecule has 1 unspecified atom stereocenters. The van der Waals surface area contributed by atoms with Crippen LogP contribution in [0.1, 0.15) is 38.6 Å². The zero-order valence-electron chi connectivity index (χ0n) is 11.3. The van der Waals surface area contributed by atoms with E-state index in [1.165, 1.54) is 0 Å². The molecule has 0 aromatic carbocycles. The van der Waals surface area contributed by atoms with Crippen molar-refractivity contribution in [2.24, 2.45) is 5.92 Å². The minimum atomic E-state index is -0.316. The van der Waals surface area contributed by atoms with Gasteiger partial charge in [-0.25, -0.2) is 0 Å². The van der Waals surface area contributed by atoms with Crippen LogP contribution >= 0.6 is 15.9 Å². The fourth-order valence-electron chi connectivity index (χ4n) is 1.88. The Labute approximate surface area is 116 Å². The van der Waals surface area contributed by atoms with Crippen molar-refractivity contribution >= 4 is 21.6 Å². The van der Waals surface area contributed by atoms with Crippen molar-refractivity contribution in [1.82, 2.24) is 9.78 Å². The van der Waals surface area contributed by atoms with Gasteiger partial charge in [-0.3, -0.25) is 14.8 Å². The van der Waals surface area contributed by atoms with Gasteiger partial charge in [0.05, 0.1) is 4.92 Å². The van der Waals surface area contributed by atoms with E-state index in [0.717, 1.165) is 18.7 Å². The Morgan fingerprint density at radius 1 is 1.50 bits per heavy atom. The topological polar surface area (TPSA) is 61.0 Å². The van der Waals surface area contributed by atoms with Crippen LogP contribution in [-0.2, 0) is 13.0 Å². The molecule has 0 aliphatic rings. The molecule has 1 rings (SSSR count). The first-order valence-electron chi connectivity index (χ1n) is 6.23. The van der Waals surface area contributed by atoms with E-state index < -0.39 is 0 Å². The highest BCUT2D eigenvalue weighted by atomic mass is 79.9. The minimum absolute atomic E-state index is 0.175. The molecule has 0 spiro atoms. The van der Waals surface area contributed by atoms with E-state index in [4.69, 9.17) is 0 Å². The molecule has 1 aromatic heterocycles. The summed E-state index contributed by atoms with van der Waals surface area (Å²) in [5, 5.41) is 15.4. The van der Waals surface area contributed by atoms with Crippen LogP contribution in [0.4, 0.5) is 5.69 Å². The van der Waals surface area contributed by atoms with Crippen LogP contribution in [0.25, 0.3) is 0 Å². The molecule has 0 aliphatic carbocycles. The number of halogens is 1. The molecule has 0 amide bonds. The van der Waals surface area contributed by atoms with E-state index in [1.807, 2.05) is 6.92 Å². The Morgan fingerprint density at radius 3 is 2.56 bits per heavy atom. The molecule has 1 aromatic rings. The molecule has 0 radical (unpaired) electrons. The third kappa shape index (κ3) is 3.31. The normalized spacial score (nSPS) is 13.0. The predicted molar refractivity (Wildman–Crippen MR) is 75.2 cm³/mol. The Morgan fingerprint density at radius 2 is 2.11 bits per heavy atom. The summed E-state index contributed by atoms with van der Waals surface area (Å²) < 4.78 is 1.78. The van der Waals surface area contributed by atoms with Gasteiger partial charge in [-0.2, -0.15) is 5.10 Å². The lowest BCUT2D eigenvalue weighted by Gasteiger charge is -2.14. The van der Waals surface area contributed by atoms with Crippen molar-refractivity contribution < 1.29 is 4.92 Å². The summed E-state index contributed by atoms with van der Waals surface area (Å²) in [6, 6.07) is 0. The monoisotopic (exact) mass is 317 g/mol. The maximum Gasteiger partial charge on any atom is 0.313 e. The zero-order valence-corrected chi connectivity index (χ0v) is 12.9. The molecule has 1 heterocycles. The molecule has 6 heteroatoms. The van der Waals surface area contributed by atoms with Crippen molar-refractivity contribution in [3.8, 4) is 0 Å². The minimum Gasteiger partial charge on any atom is -0.262 e. The number of nitrogens with zero attached hydrogens (tertiary/aromatic N) is 3. The van der Waals surface area contributed by atoms with Crippen molar-refractivity contribution in [3.63, 3.8) is 0 Å². The number of hydrogen-bond donors (Lipinski definition) is 0. The highest BCUT2D eigenvalue weighted by Gasteiger charge is 2.27. The van der Waals surface area contributed by atoms with Crippen molar-refractivity contribution in [2.75, 3.05) is 0 Å². The molecule has 102 valence electrons. The molecule has 0 fully saturated rings. The lowest BCUT2D eigenvalue weighted by Crippen LogP contribution is -2.15.